The molecule has 108 valence electrons. The normalized spacial score (nSPS) is 44.5. The van der Waals surface area contributed by atoms with Crippen molar-refractivity contribution in [3.63, 3.8) is 0 Å². The van der Waals surface area contributed by atoms with Gasteiger partial charge in [0.15, 0.2) is 0 Å². The third-order valence-electron chi connectivity index (χ3n) is 5.39. The molecule has 0 spiro atoms. The van der Waals surface area contributed by atoms with Crippen LogP contribution in [-0.2, 0) is 14.3 Å². The third-order valence-corrected chi connectivity index (χ3v) is 5.39. The van der Waals surface area contributed by atoms with Crippen molar-refractivity contribution < 1.29 is 19.4 Å². The first kappa shape index (κ1) is 13.6. The number of ketones is 1. The molecule has 0 aromatic rings. The summed E-state index contributed by atoms with van der Waals surface area (Å²) in [7, 11) is 0. The minimum Gasteiger partial charge on any atom is -0.456 e. The maximum absolute atomic E-state index is 12.2. The first-order valence-electron chi connectivity index (χ1n) is 7.21. The Kier molecular flexibility index (Phi) is 2.91. The van der Waals surface area contributed by atoms with Gasteiger partial charge in [-0.25, -0.2) is 0 Å². The van der Waals surface area contributed by atoms with Gasteiger partial charge in [-0.2, -0.15) is 0 Å². The Bertz CT molecular complexity index is 509. The highest BCUT2D eigenvalue weighted by Crippen LogP contribution is 2.62. The van der Waals surface area contributed by atoms with E-state index in [4.69, 9.17) is 4.74 Å². The molecule has 3 rings (SSSR count). The topological polar surface area (TPSA) is 63.6 Å². The van der Waals surface area contributed by atoms with Crippen molar-refractivity contribution in [1.29, 1.82) is 0 Å². The molecule has 1 N–H and O–H groups in total. The van der Waals surface area contributed by atoms with Crippen LogP contribution < -0.4 is 0 Å². The zero-order chi connectivity index (χ0) is 14.5. The van der Waals surface area contributed by atoms with Crippen LogP contribution in [0.5, 0.6) is 0 Å². The van der Waals surface area contributed by atoms with Gasteiger partial charge in [-0.1, -0.05) is 18.2 Å². The lowest BCUT2D eigenvalue weighted by molar-refractivity contribution is -0.259. The number of allylic oxidation sites excluding steroid dienone is 1. The van der Waals surface area contributed by atoms with Crippen molar-refractivity contribution in [3.8, 4) is 0 Å². The Hall–Kier alpha value is -1.42. The van der Waals surface area contributed by atoms with Crippen LogP contribution in [0.1, 0.15) is 32.6 Å². The van der Waals surface area contributed by atoms with Crippen molar-refractivity contribution in [2.24, 2.45) is 17.3 Å². The van der Waals surface area contributed by atoms with Crippen LogP contribution >= 0.6 is 0 Å². The molecule has 0 radical (unpaired) electrons. The predicted molar refractivity (Wildman–Crippen MR) is 72.7 cm³/mol. The van der Waals surface area contributed by atoms with Crippen molar-refractivity contribution in [1.82, 2.24) is 0 Å². The molecule has 1 heterocycles. The van der Waals surface area contributed by atoms with E-state index in [1.807, 2.05) is 12.2 Å². The molecular weight excluding hydrogens is 256 g/mol. The lowest BCUT2D eigenvalue weighted by Gasteiger charge is -2.55. The van der Waals surface area contributed by atoms with Gasteiger partial charge in [0, 0.05) is 12.3 Å². The molecule has 0 aromatic heterocycles. The van der Waals surface area contributed by atoms with E-state index in [9.17, 15) is 14.7 Å². The van der Waals surface area contributed by atoms with E-state index < -0.39 is 29.0 Å². The van der Waals surface area contributed by atoms with Gasteiger partial charge in [-0.15, -0.1) is 6.58 Å². The molecule has 4 nitrogen and oxygen atoms in total. The smallest absolute Gasteiger partial charge is 0.319 e. The summed E-state index contributed by atoms with van der Waals surface area (Å²) in [5.74, 6) is -1.09. The number of aliphatic hydroxyl groups is 1. The van der Waals surface area contributed by atoms with E-state index in [0.29, 0.717) is 0 Å². The highest BCUT2D eigenvalue weighted by atomic mass is 16.6. The van der Waals surface area contributed by atoms with Gasteiger partial charge < -0.3 is 9.84 Å². The summed E-state index contributed by atoms with van der Waals surface area (Å²) in [5.41, 5.74) is -2.02. The summed E-state index contributed by atoms with van der Waals surface area (Å²) in [6, 6.07) is 0. The molecule has 2 aliphatic carbocycles. The highest BCUT2D eigenvalue weighted by molar-refractivity contribution is 6.01. The SMILES string of the molecule is C=C[C@H]1C(=O)C[C@@]2([C@@H](O)[C@@H]3C=CCCC3)C(=O)O[C@@]12C. The molecule has 1 saturated heterocycles. The molecular formula is C16H20O4. The summed E-state index contributed by atoms with van der Waals surface area (Å²) in [6.45, 7) is 5.43. The maximum Gasteiger partial charge on any atom is 0.319 e. The summed E-state index contributed by atoms with van der Waals surface area (Å²) in [4.78, 5) is 24.3. The Balaban J connectivity index is 1.99. The fraction of sp³-hybridized carbons (Fsp3) is 0.625. The zero-order valence-electron chi connectivity index (χ0n) is 11.7. The molecule has 0 aromatic carbocycles. The maximum atomic E-state index is 12.2. The molecule has 0 bridgehead atoms. The van der Waals surface area contributed by atoms with Crippen LogP contribution in [0, 0.1) is 17.3 Å². The van der Waals surface area contributed by atoms with Crippen LogP contribution in [0.4, 0.5) is 0 Å². The average molecular weight is 276 g/mol. The number of Topliss-reactive ketones (excluding diaryl/α,β-unsaturated/α-hetero) is 1. The molecule has 3 aliphatic rings. The van der Waals surface area contributed by atoms with E-state index in [-0.39, 0.29) is 18.1 Å². The average Bonchev–Trinajstić information content (AvgIpc) is 2.62. The third kappa shape index (κ3) is 1.40. The first-order chi connectivity index (χ1) is 9.47. The van der Waals surface area contributed by atoms with Crippen LogP contribution in [0.25, 0.3) is 0 Å². The van der Waals surface area contributed by atoms with Gasteiger partial charge in [-0.05, 0) is 26.2 Å². The van der Waals surface area contributed by atoms with Gasteiger partial charge in [0.2, 0.25) is 0 Å². The second-order valence-electron chi connectivity index (χ2n) is 6.29. The second kappa shape index (κ2) is 4.29. The summed E-state index contributed by atoms with van der Waals surface area (Å²) in [6.07, 6.45) is 7.60. The van der Waals surface area contributed by atoms with Crippen molar-refractivity contribution in [2.75, 3.05) is 0 Å². The molecule has 0 unspecified atom stereocenters. The number of carbonyl (C=O) groups is 2. The minimum atomic E-state index is -1.09. The fourth-order valence-electron chi connectivity index (χ4n) is 4.15. The van der Waals surface area contributed by atoms with Crippen LogP contribution in [-0.4, -0.2) is 28.6 Å². The second-order valence-corrected chi connectivity index (χ2v) is 6.29. The number of carbonyl (C=O) groups excluding carboxylic acids is 2. The van der Waals surface area contributed by atoms with Crippen LogP contribution in [0.15, 0.2) is 24.8 Å². The minimum absolute atomic E-state index is 0.0600. The van der Waals surface area contributed by atoms with Gasteiger partial charge in [0.1, 0.15) is 16.8 Å². The molecule has 1 aliphatic heterocycles. The Morgan fingerprint density at radius 2 is 2.30 bits per heavy atom. The highest BCUT2D eigenvalue weighted by Gasteiger charge is 2.78. The van der Waals surface area contributed by atoms with E-state index in [1.54, 1.807) is 13.0 Å². The number of ether oxygens (including phenoxy) is 1. The van der Waals surface area contributed by atoms with Crippen LogP contribution in [0.2, 0.25) is 0 Å². The first-order valence-corrected chi connectivity index (χ1v) is 7.21. The van der Waals surface area contributed by atoms with Gasteiger partial charge in [0.05, 0.1) is 12.0 Å². The van der Waals surface area contributed by atoms with Crippen LogP contribution in [0.3, 0.4) is 0 Å². The number of fused-ring (bicyclic) bond motifs is 1. The number of rotatable bonds is 3. The van der Waals surface area contributed by atoms with Crippen molar-refractivity contribution in [2.45, 2.75) is 44.3 Å². The standard InChI is InChI=1S/C16H20O4/c1-3-11-12(17)9-16(14(19)20-15(11,16)2)13(18)10-7-5-4-6-8-10/h3,5,7,10-11,13,18H,1,4,6,8-9H2,2H3/t10-,11+,13+,15+,16-/m1/s1. The largest absolute Gasteiger partial charge is 0.456 e. The summed E-state index contributed by atoms with van der Waals surface area (Å²) < 4.78 is 5.32. The number of hydrogen-bond donors (Lipinski definition) is 1. The quantitative estimate of drug-likeness (QED) is 0.630. The Morgan fingerprint density at radius 1 is 1.55 bits per heavy atom. The predicted octanol–water partition coefficient (Wildman–Crippen LogP) is 1.78. The van der Waals surface area contributed by atoms with Gasteiger partial charge >= 0.3 is 5.97 Å². The van der Waals surface area contributed by atoms with Crippen molar-refractivity contribution in [3.05, 3.63) is 24.8 Å². The number of hydrogen-bond acceptors (Lipinski definition) is 4. The van der Waals surface area contributed by atoms with Gasteiger partial charge in [0.25, 0.3) is 0 Å². The summed E-state index contributed by atoms with van der Waals surface area (Å²) >= 11 is 0. The lowest BCUT2D eigenvalue weighted by atomic mass is 9.60. The molecule has 5 atom stereocenters. The van der Waals surface area contributed by atoms with E-state index in [1.165, 1.54) is 0 Å². The number of esters is 1. The molecule has 0 amide bonds. The summed E-state index contributed by atoms with van der Waals surface area (Å²) in [5, 5.41) is 10.8. The lowest BCUT2D eigenvalue weighted by Crippen LogP contribution is -2.70. The fourth-order valence-corrected chi connectivity index (χ4v) is 4.15. The molecule has 20 heavy (non-hydrogen) atoms. The monoisotopic (exact) mass is 276 g/mol. The molecule has 1 saturated carbocycles. The zero-order valence-corrected chi connectivity index (χ0v) is 11.7. The van der Waals surface area contributed by atoms with E-state index >= 15 is 0 Å². The van der Waals surface area contributed by atoms with E-state index in [0.717, 1.165) is 19.3 Å². The molecule has 4 heteroatoms. The Morgan fingerprint density at radius 3 is 2.85 bits per heavy atom. The number of aliphatic hydroxyl groups excluding tert-OH is 1. The van der Waals surface area contributed by atoms with Crippen molar-refractivity contribution >= 4 is 11.8 Å². The van der Waals surface area contributed by atoms with Gasteiger partial charge in [-0.3, -0.25) is 9.59 Å². The molecule has 2 fully saturated rings. The Labute approximate surface area is 118 Å². The van der Waals surface area contributed by atoms with E-state index in [2.05, 4.69) is 6.58 Å².